The summed E-state index contributed by atoms with van der Waals surface area (Å²) in [5.74, 6) is 0.00732. The van der Waals surface area contributed by atoms with Crippen LogP contribution in [0.15, 0.2) is 4.47 Å². The summed E-state index contributed by atoms with van der Waals surface area (Å²) < 4.78 is 12.5. The van der Waals surface area contributed by atoms with Crippen molar-refractivity contribution in [3.05, 3.63) is 15.7 Å². The molecule has 0 aromatic carbocycles. The molecule has 164 valence electrons. The summed E-state index contributed by atoms with van der Waals surface area (Å²) in [6, 6.07) is 0. The van der Waals surface area contributed by atoms with Gasteiger partial charge in [-0.3, -0.25) is 0 Å². The number of piperidine rings is 1. The Balaban J connectivity index is 2.60. The maximum Gasteiger partial charge on any atom is 0.340 e. The topological polar surface area (TPSA) is 77.7 Å². The van der Waals surface area contributed by atoms with E-state index >= 15 is 0 Å². The summed E-state index contributed by atoms with van der Waals surface area (Å²) >= 11 is 3.64. The van der Waals surface area contributed by atoms with Gasteiger partial charge in [-0.2, -0.15) is 0 Å². The second-order valence-electron chi connectivity index (χ2n) is 9.91. The zero-order valence-corrected chi connectivity index (χ0v) is 20.6. The van der Waals surface area contributed by atoms with Crippen molar-refractivity contribution in [1.82, 2.24) is 4.98 Å². The van der Waals surface area contributed by atoms with E-state index in [1.165, 1.54) is 0 Å². The lowest BCUT2D eigenvalue weighted by atomic mass is 9.82. The Kier molecular flexibility index (Phi) is 7.26. The summed E-state index contributed by atoms with van der Waals surface area (Å²) in [4.78, 5) is 19.9. The van der Waals surface area contributed by atoms with Crippen LogP contribution in [0.3, 0.4) is 0 Å². The van der Waals surface area contributed by atoms with Crippen LogP contribution < -0.4 is 10.6 Å². The van der Waals surface area contributed by atoms with Crippen molar-refractivity contribution >= 4 is 33.4 Å². The molecule has 1 aromatic rings. The van der Waals surface area contributed by atoms with Crippen LogP contribution in [0.5, 0.6) is 0 Å². The zero-order chi connectivity index (χ0) is 22.1. The molecule has 0 aliphatic carbocycles. The highest BCUT2D eigenvalue weighted by atomic mass is 79.9. The number of nitrogen functional groups attached to an aromatic ring is 1. The van der Waals surface area contributed by atoms with E-state index in [4.69, 9.17) is 15.2 Å². The van der Waals surface area contributed by atoms with E-state index in [9.17, 15) is 4.79 Å². The molecular formula is C22H36BrN3O3. The van der Waals surface area contributed by atoms with Crippen LogP contribution in [0.4, 0.5) is 11.5 Å². The molecule has 1 fully saturated rings. The Bertz CT molecular complexity index is 747. The third-order valence-electron chi connectivity index (χ3n) is 5.10. The van der Waals surface area contributed by atoms with Gasteiger partial charge in [0, 0.05) is 24.3 Å². The Labute approximate surface area is 183 Å². The molecular weight excluding hydrogens is 434 g/mol. The van der Waals surface area contributed by atoms with E-state index < -0.39 is 17.7 Å². The minimum atomic E-state index is -0.883. The second kappa shape index (κ2) is 8.80. The molecule has 0 bridgehead atoms. The molecule has 0 amide bonds. The van der Waals surface area contributed by atoms with Crippen molar-refractivity contribution in [1.29, 1.82) is 0 Å². The summed E-state index contributed by atoms with van der Waals surface area (Å²) in [6.45, 7) is 17.7. The van der Waals surface area contributed by atoms with Crippen LogP contribution >= 0.6 is 15.9 Å². The molecule has 1 aliphatic rings. The number of aromatic nitrogens is 1. The minimum absolute atomic E-state index is 0.238. The van der Waals surface area contributed by atoms with Crippen molar-refractivity contribution in [2.75, 3.05) is 23.7 Å². The second-order valence-corrected chi connectivity index (χ2v) is 10.7. The van der Waals surface area contributed by atoms with Gasteiger partial charge in [0.25, 0.3) is 0 Å². The Morgan fingerprint density at radius 3 is 2.28 bits per heavy atom. The van der Waals surface area contributed by atoms with Crippen molar-refractivity contribution in [3.8, 4) is 0 Å². The number of carbonyl (C=O) groups excluding carboxylic acids is 1. The lowest BCUT2D eigenvalue weighted by Crippen LogP contribution is -2.39. The molecule has 2 N–H and O–H groups in total. The number of hydrogen-bond acceptors (Lipinski definition) is 6. The number of anilines is 2. The smallest absolute Gasteiger partial charge is 0.340 e. The highest BCUT2D eigenvalue weighted by molar-refractivity contribution is 9.10. The molecule has 0 saturated carbocycles. The van der Waals surface area contributed by atoms with Gasteiger partial charge in [0.15, 0.2) is 6.10 Å². The monoisotopic (exact) mass is 469 g/mol. The summed E-state index contributed by atoms with van der Waals surface area (Å²) in [6.07, 6.45) is 0.994. The summed E-state index contributed by atoms with van der Waals surface area (Å²) in [5.41, 5.74) is 8.25. The van der Waals surface area contributed by atoms with Crippen molar-refractivity contribution in [3.63, 3.8) is 0 Å². The first-order chi connectivity index (χ1) is 13.2. The van der Waals surface area contributed by atoms with Gasteiger partial charge in [-0.25, -0.2) is 9.78 Å². The number of esters is 1. The number of aryl methyl sites for hydroxylation is 1. The average molecular weight is 470 g/mol. The third kappa shape index (κ3) is 6.07. The van der Waals surface area contributed by atoms with E-state index in [0.29, 0.717) is 21.4 Å². The van der Waals surface area contributed by atoms with Gasteiger partial charge in [0.05, 0.1) is 21.9 Å². The molecule has 0 unspecified atom stereocenters. The predicted molar refractivity (Wildman–Crippen MR) is 121 cm³/mol. The highest BCUT2D eigenvalue weighted by Crippen LogP contribution is 2.44. The lowest BCUT2D eigenvalue weighted by Gasteiger charge is -2.40. The maximum atomic E-state index is 13.1. The van der Waals surface area contributed by atoms with Crippen molar-refractivity contribution < 1.29 is 14.3 Å². The number of halogens is 1. The Morgan fingerprint density at radius 1 is 1.24 bits per heavy atom. The number of rotatable bonds is 5. The quantitative estimate of drug-likeness (QED) is 0.599. The molecule has 1 aromatic heterocycles. The fourth-order valence-corrected chi connectivity index (χ4v) is 4.09. The van der Waals surface area contributed by atoms with E-state index in [1.807, 2.05) is 41.5 Å². The van der Waals surface area contributed by atoms with Gasteiger partial charge >= 0.3 is 5.97 Å². The fourth-order valence-electron chi connectivity index (χ4n) is 3.53. The van der Waals surface area contributed by atoms with Crippen LogP contribution in [-0.2, 0) is 14.3 Å². The lowest BCUT2D eigenvalue weighted by molar-refractivity contribution is -0.171. The van der Waals surface area contributed by atoms with E-state index in [-0.39, 0.29) is 6.10 Å². The van der Waals surface area contributed by atoms with Crippen LogP contribution in [0.25, 0.3) is 0 Å². The molecule has 6 nitrogen and oxygen atoms in total. The third-order valence-corrected chi connectivity index (χ3v) is 5.88. The zero-order valence-electron chi connectivity index (χ0n) is 19.1. The van der Waals surface area contributed by atoms with Gasteiger partial charge in [-0.1, -0.05) is 13.8 Å². The van der Waals surface area contributed by atoms with Gasteiger partial charge in [0.2, 0.25) is 0 Å². The van der Waals surface area contributed by atoms with E-state index in [2.05, 4.69) is 39.7 Å². The number of pyridine rings is 1. The van der Waals surface area contributed by atoms with Gasteiger partial charge in [-0.15, -0.1) is 0 Å². The largest absolute Gasteiger partial charge is 0.461 e. The average Bonchev–Trinajstić information content (AvgIpc) is 2.55. The van der Waals surface area contributed by atoms with E-state index in [0.717, 1.165) is 37.2 Å². The van der Waals surface area contributed by atoms with Gasteiger partial charge < -0.3 is 20.1 Å². The first-order valence-corrected chi connectivity index (χ1v) is 11.1. The highest BCUT2D eigenvalue weighted by Gasteiger charge is 2.37. The van der Waals surface area contributed by atoms with Crippen molar-refractivity contribution in [2.45, 2.75) is 86.0 Å². The molecule has 1 saturated heterocycles. The number of nitrogens with zero attached hydrogens (tertiary/aromatic N) is 2. The SMILES string of the molecule is Cc1nc(N)c(Br)c(N2CCC(C)(C)CC2)c1[C@H](OC(C)(C)C)C(=O)OC(C)C. The van der Waals surface area contributed by atoms with Gasteiger partial charge in [0.1, 0.15) is 5.82 Å². The predicted octanol–water partition coefficient (Wildman–Crippen LogP) is 5.17. The minimum Gasteiger partial charge on any atom is -0.461 e. The normalized spacial score (nSPS) is 18.1. The number of carbonyl (C=O) groups is 1. The summed E-state index contributed by atoms with van der Waals surface area (Å²) in [7, 11) is 0. The number of hydrogen-bond donors (Lipinski definition) is 1. The molecule has 7 heteroatoms. The van der Waals surface area contributed by atoms with Gasteiger partial charge in [-0.05, 0) is 75.7 Å². The molecule has 29 heavy (non-hydrogen) atoms. The molecule has 1 aliphatic heterocycles. The van der Waals surface area contributed by atoms with Crippen LogP contribution in [0.1, 0.15) is 78.7 Å². The van der Waals surface area contributed by atoms with Crippen LogP contribution in [-0.4, -0.2) is 35.7 Å². The first-order valence-electron chi connectivity index (χ1n) is 10.3. The molecule has 0 radical (unpaired) electrons. The van der Waals surface area contributed by atoms with Crippen LogP contribution in [0, 0.1) is 12.3 Å². The summed E-state index contributed by atoms with van der Waals surface area (Å²) in [5, 5.41) is 0. The number of ether oxygens (including phenoxy) is 2. The van der Waals surface area contributed by atoms with E-state index in [1.54, 1.807) is 0 Å². The standard InChI is InChI=1S/C22H36BrN3O3/c1-13(2)28-20(27)18(29-21(4,5)6)15-14(3)25-19(24)16(23)17(15)26-11-9-22(7,8)10-12-26/h13,18H,9-12H2,1-8H3,(H2,24,25)/t18-/m0/s1. The first kappa shape index (κ1) is 23.9. The van der Waals surface area contributed by atoms with Crippen molar-refractivity contribution in [2.24, 2.45) is 5.41 Å². The Hall–Kier alpha value is -1.34. The Morgan fingerprint density at radius 2 is 1.79 bits per heavy atom. The fraction of sp³-hybridized carbons (Fsp3) is 0.727. The number of nitrogens with two attached hydrogens (primary N) is 1. The molecule has 2 rings (SSSR count). The molecule has 2 heterocycles. The van der Waals surface area contributed by atoms with Crippen LogP contribution in [0.2, 0.25) is 0 Å². The molecule has 1 atom stereocenters. The maximum absolute atomic E-state index is 13.1. The molecule has 0 spiro atoms.